The summed E-state index contributed by atoms with van der Waals surface area (Å²) < 4.78 is 0. The van der Waals surface area contributed by atoms with Gasteiger partial charge in [-0.2, -0.15) is 0 Å². The molecule has 4 nitrogen and oxygen atoms in total. The average molecular weight is 483 g/mol. The Morgan fingerprint density at radius 1 is 0.407 bits per heavy atom. The third-order valence-electron chi connectivity index (χ3n) is 4.89. The van der Waals surface area contributed by atoms with Crippen molar-refractivity contribution in [1.29, 1.82) is 0 Å². The molecule has 4 atom stereocenters. The van der Waals surface area contributed by atoms with Crippen LogP contribution in [0.1, 0.15) is 95.9 Å². The van der Waals surface area contributed by atoms with Crippen LogP contribution in [0.15, 0.2) is 0 Å². The number of hydrogen-bond donors (Lipinski definition) is 4. The van der Waals surface area contributed by atoms with Crippen molar-refractivity contribution in [3.8, 4) is 0 Å². The summed E-state index contributed by atoms with van der Waals surface area (Å²) in [5.74, 6) is 0. The van der Waals surface area contributed by atoms with Gasteiger partial charge in [0.1, 0.15) is 0 Å². The van der Waals surface area contributed by atoms with Crippen LogP contribution in [-0.4, -0.2) is 44.8 Å². The molecule has 5 heteroatoms. The molecule has 0 saturated carbocycles. The van der Waals surface area contributed by atoms with Crippen LogP contribution in [0, 0.1) is 21.7 Å². The van der Waals surface area contributed by atoms with Crippen molar-refractivity contribution >= 4 is 0 Å². The molecule has 170 valence electrons. The van der Waals surface area contributed by atoms with Crippen LogP contribution in [0.25, 0.3) is 0 Å². The van der Waals surface area contributed by atoms with E-state index in [1.54, 1.807) is 0 Å². The Labute approximate surface area is 182 Å². The van der Waals surface area contributed by atoms with Crippen LogP contribution >= 0.6 is 0 Å². The molecule has 0 fully saturated rings. The first-order chi connectivity index (χ1) is 11.1. The van der Waals surface area contributed by atoms with E-state index in [4.69, 9.17) is 0 Å². The first-order valence-electron chi connectivity index (χ1n) is 9.82. The quantitative estimate of drug-likeness (QED) is 0.448. The third-order valence-corrected chi connectivity index (χ3v) is 4.89. The van der Waals surface area contributed by atoms with E-state index in [0.717, 1.165) is 0 Å². The van der Waals surface area contributed by atoms with Gasteiger partial charge in [-0.05, 0) is 21.7 Å². The standard InChI is InChI=1S/2C11H24O2.Pd/c2*1-10(2,3)8(12)7-9(13)11(4,5)6;/h2*8-9,12-13H,7H2,1-6H3;. The maximum atomic E-state index is 9.76. The van der Waals surface area contributed by atoms with E-state index in [0.29, 0.717) is 12.8 Å². The smallest absolute Gasteiger partial charge is 0.0613 e. The van der Waals surface area contributed by atoms with Gasteiger partial charge in [0.25, 0.3) is 0 Å². The summed E-state index contributed by atoms with van der Waals surface area (Å²) in [5, 5.41) is 39.0. The zero-order chi connectivity index (χ0) is 21.7. The molecule has 0 spiro atoms. The number of rotatable bonds is 4. The number of aliphatic hydroxyl groups is 4. The summed E-state index contributed by atoms with van der Waals surface area (Å²) in [5.41, 5.74) is -0.586. The molecule has 0 heterocycles. The zero-order valence-electron chi connectivity index (χ0n) is 19.8. The zero-order valence-corrected chi connectivity index (χ0v) is 21.4. The Kier molecular flexibility index (Phi) is 13.9. The maximum Gasteiger partial charge on any atom is 0.0613 e. The summed E-state index contributed by atoms with van der Waals surface area (Å²) in [7, 11) is 0. The molecule has 0 rings (SSSR count). The molecule has 0 radical (unpaired) electrons. The Morgan fingerprint density at radius 3 is 0.593 bits per heavy atom. The van der Waals surface area contributed by atoms with E-state index < -0.39 is 24.4 Å². The van der Waals surface area contributed by atoms with Gasteiger partial charge in [0.05, 0.1) is 24.4 Å². The van der Waals surface area contributed by atoms with Crippen LogP contribution in [-0.2, 0) is 20.4 Å². The summed E-state index contributed by atoms with van der Waals surface area (Å²) >= 11 is 0. The third kappa shape index (κ3) is 15.1. The van der Waals surface area contributed by atoms with Gasteiger partial charge < -0.3 is 20.4 Å². The van der Waals surface area contributed by atoms with E-state index in [2.05, 4.69) is 0 Å². The Bertz CT molecular complexity index is 309. The van der Waals surface area contributed by atoms with Crippen molar-refractivity contribution in [3.63, 3.8) is 0 Å². The normalized spacial score (nSPS) is 17.8. The minimum absolute atomic E-state index is 0. The molecule has 0 saturated heterocycles. The van der Waals surface area contributed by atoms with E-state index in [9.17, 15) is 20.4 Å². The number of hydrogen-bond acceptors (Lipinski definition) is 4. The van der Waals surface area contributed by atoms with Crippen molar-refractivity contribution in [3.05, 3.63) is 0 Å². The Balaban J connectivity index is -0.000000411. The fourth-order valence-corrected chi connectivity index (χ4v) is 1.84. The molecule has 0 aromatic rings. The summed E-state index contributed by atoms with van der Waals surface area (Å²) in [4.78, 5) is 0. The molecule has 0 bridgehead atoms. The predicted molar refractivity (Wildman–Crippen MR) is 111 cm³/mol. The van der Waals surface area contributed by atoms with Gasteiger partial charge in [0, 0.05) is 33.3 Å². The number of aliphatic hydroxyl groups excluding tert-OH is 4. The van der Waals surface area contributed by atoms with Gasteiger partial charge >= 0.3 is 0 Å². The molecule has 0 aliphatic carbocycles. The van der Waals surface area contributed by atoms with E-state index in [-0.39, 0.29) is 42.1 Å². The second-order valence-electron chi connectivity index (χ2n) is 12.0. The van der Waals surface area contributed by atoms with E-state index in [1.807, 2.05) is 83.1 Å². The van der Waals surface area contributed by atoms with Gasteiger partial charge in [-0.3, -0.25) is 0 Å². The first-order valence-corrected chi connectivity index (χ1v) is 9.82. The second-order valence-corrected chi connectivity index (χ2v) is 12.0. The van der Waals surface area contributed by atoms with Crippen LogP contribution < -0.4 is 0 Å². The van der Waals surface area contributed by atoms with E-state index in [1.165, 1.54) is 0 Å². The van der Waals surface area contributed by atoms with Crippen molar-refractivity contribution < 1.29 is 40.8 Å². The van der Waals surface area contributed by atoms with Gasteiger partial charge in [-0.25, -0.2) is 0 Å². The molecule has 0 aliphatic heterocycles. The Morgan fingerprint density at radius 2 is 0.519 bits per heavy atom. The SMILES string of the molecule is CC(C)(C)C(O)CC(O)C(C)(C)C.CC(C)(C)C(O)CC(O)C(C)(C)C.[Pd]. The fourth-order valence-electron chi connectivity index (χ4n) is 1.84. The largest absolute Gasteiger partial charge is 0.392 e. The molecule has 0 aromatic carbocycles. The first kappa shape index (κ1) is 32.2. The summed E-state index contributed by atoms with van der Waals surface area (Å²) in [6.45, 7) is 23.8. The predicted octanol–water partition coefficient (Wildman–Crippen LogP) is 4.38. The monoisotopic (exact) mass is 482 g/mol. The minimum Gasteiger partial charge on any atom is -0.392 e. The van der Waals surface area contributed by atoms with Gasteiger partial charge in [-0.15, -0.1) is 0 Å². The minimum atomic E-state index is -0.443. The maximum absolute atomic E-state index is 9.76. The molecule has 0 amide bonds. The Hall–Kier alpha value is 0.502. The topological polar surface area (TPSA) is 80.9 Å². The van der Waals surface area contributed by atoms with Crippen molar-refractivity contribution in [2.75, 3.05) is 0 Å². The second kappa shape index (κ2) is 11.6. The van der Waals surface area contributed by atoms with Crippen molar-refractivity contribution in [1.82, 2.24) is 0 Å². The average Bonchev–Trinajstić information content (AvgIpc) is 2.34. The summed E-state index contributed by atoms with van der Waals surface area (Å²) in [6.07, 6.45) is -0.869. The van der Waals surface area contributed by atoms with Gasteiger partial charge in [-0.1, -0.05) is 83.1 Å². The van der Waals surface area contributed by atoms with Crippen LogP contribution in [0.2, 0.25) is 0 Å². The fraction of sp³-hybridized carbons (Fsp3) is 1.00. The summed E-state index contributed by atoms with van der Waals surface area (Å²) in [6, 6.07) is 0. The van der Waals surface area contributed by atoms with Gasteiger partial charge in [0.15, 0.2) is 0 Å². The van der Waals surface area contributed by atoms with Crippen molar-refractivity contribution in [2.45, 2.75) is 120 Å². The molecule has 0 aliphatic rings. The molecule has 4 unspecified atom stereocenters. The molecule has 4 N–H and O–H groups in total. The molecular formula is C22H48O4Pd. The van der Waals surface area contributed by atoms with E-state index >= 15 is 0 Å². The van der Waals surface area contributed by atoms with Crippen LogP contribution in [0.4, 0.5) is 0 Å². The molecular weight excluding hydrogens is 435 g/mol. The van der Waals surface area contributed by atoms with Crippen molar-refractivity contribution in [2.24, 2.45) is 21.7 Å². The van der Waals surface area contributed by atoms with Gasteiger partial charge in [0.2, 0.25) is 0 Å². The van der Waals surface area contributed by atoms with Crippen LogP contribution in [0.3, 0.4) is 0 Å². The molecule has 27 heavy (non-hydrogen) atoms. The van der Waals surface area contributed by atoms with Crippen LogP contribution in [0.5, 0.6) is 0 Å². The molecule has 0 aromatic heterocycles.